The molecule has 648 valence electrons. The van der Waals surface area contributed by atoms with E-state index in [0.717, 1.165) is 195 Å². The Morgan fingerprint density at radius 3 is 1.24 bits per heavy atom. The van der Waals surface area contributed by atoms with Gasteiger partial charge in [-0.3, -0.25) is 19.9 Å². The van der Waals surface area contributed by atoms with E-state index in [0.29, 0.717) is 63.8 Å². The van der Waals surface area contributed by atoms with Gasteiger partial charge < -0.3 is 64.0 Å². The third-order valence-electron chi connectivity index (χ3n) is 23.2. The maximum absolute atomic E-state index is 6.25. The first-order valence-electron chi connectivity index (χ1n) is 42.1. The van der Waals surface area contributed by atoms with Crippen molar-refractivity contribution >= 4 is 104 Å². The SMILES string of the molecule is [Pt+2].[Pt+2].[Pt+2].[c-]1c(-c2ccc(-c3ncco3)cn2)ccc(C2=NC=CC2)c1-n1c2[c-]c(-c3nc4ccccc4o3)ccc2c2ccccc21.[c-]1c(-c2ccccn2)cccc1-n1c2[c-]c(-c3nc4cc(-c5ncco5)ccc4o3)ccc2c2cc(-c3ncco3)ccc21.[c-]1c(-c2ccccn2)cccc1-n1c2[c-]c(-c3nc4ccc(-c5ncco5)cc4o3)ccc2c2cc(-c3ncco3)ccc21. The molecule has 12 aromatic carbocycles. The summed E-state index contributed by atoms with van der Waals surface area (Å²) in [5, 5.41) is 6.27. The molecule has 1 aliphatic rings. The van der Waals surface area contributed by atoms with Gasteiger partial charge in [0.15, 0.2) is 0 Å². The van der Waals surface area contributed by atoms with Crippen molar-refractivity contribution in [2.24, 2.45) is 4.99 Å². The normalized spacial score (nSPS) is 11.8. The van der Waals surface area contributed by atoms with Crippen molar-refractivity contribution in [2.45, 2.75) is 6.42 Å². The van der Waals surface area contributed by atoms with Crippen molar-refractivity contribution in [3.63, 3.8) is 0 Å². The summed E-state index contributed by atoms with van der Waals surface area (Å²) in [6.07, 6.45) is 26.0. The van der Waals surface area contributed by atoms with Crippen LogP contribution < -0.4 is 0 Å². The fourth-order valence-electron chi connectivity index (χ4n) is 17.1. The van der Waals surface area contributed by atoms with Gasteiger partial charge in [0.05, 0.1) is 53.1 Å². The minimum atomic E-state index is 0. The Morgan fingerprint density at radius 1 is 0.274 bits per heavy atom. The zero-order valence-corrected chi connectivity index (χ0v) is 76.9. The smallest absolute Gasteiger partial charge is 0.481 e. The molecule has 0 unspecified atom stereocenters. The minimum Gasteiger partial charge on any atom is -0.481 e. The van der Waals surface area contributed by atoms with E-state index in [1.807, 2.05) is 188 Å². The largest absolute Gasteiger partial charge is 2.00 e. The predicted octanol–water partition coefficient (Wildman–Crippen LogP) is 25.7. The molecular formula is C109H59N15O8Pt3. The van der Waals surface area contributed by atoms with Crippen molar-refractivity contribution in [2.75, 3.05) is 0 Å². The van der Waals surface area contributed by atoms with Crippen LogP contribution in [0.5, 0.6) is 0 Å². The van der Waals surface area contributed by atoms with E-state index in [1.54, 1.807) is 80.9 Å². The number of allylic oxidation sites excluding steroid dienone is 1. The zero-order chi connectivity index (χ0) is 87.1. The number of hydrogen-bond donors (Lipinski definition) is 0. The minimum absolute atomic E-state index is 0. The molecule has 14 aromatic heterocycles. The van der Waals surface area contributed by atoms with Crippen LogP contribution in [-0.2, 0) is 63.2 Å². The van der Waals surface area contributed by atoms with Crippen LogP contribution in [-0.4, -0.2) is 74.2 Å². The fourth-order valence-corrected chi connectivity index (χ4v) is 17.1. The molecule has 0 saturated carbocycles. The van der Waals surface area contributed by atoms with E-state index >= 15 is 0 Å². The molecule has 0 fully saturated rings. The monoisotopic (exact) mass is 2290 g/mol. The molecule has 0 radical (unpaired) electrons. The van der Waals surface area contributed by atoms with E-state index in [1.165, 1.54) is 0 Å². The van der Waals surface area contributed by atoms with Crippen LogP contribution in [0.2, 0.25) is 0 Å². The summed E-state index contributed by atoms with van der Waals surface area (Å²) >= 11 is 0. The zero-order valence-electron chi connectivity index (χ0n) is 70.0. The molecule has 135 heavy (non-hydrogen) atoms. The van der Waals surface area contributed by atoms with Gasteiger partial charge >= 0.3 is 63.2 Å². The first kappa shape index (κ1) is 84.0. The van der Waals surface area contributed by atoms with Crippen molar-refractivity contribution in [3.8, 4) is 142 Å². The number of nitrogens with zero attached hydrogens (tertiary/aromatic N) is 15. The number of pyridine rings is 3. The van der Waals surface area contributed by atoms with Gasteiger partial charge in [-0.2, -0.15) is 0 Å². The van der Waals surface area contributed by atoms with E-state index < -0.39 is 0 Å². The van der Waals surface area contributed by atoms with Gasteiger partial charge in [-0.05, 0) is 170 Å². The molecule has 23 nitrogen and oxygen atoms in total. The van der Waals surface area contributed by atoms with E-state index in [4.69, 9.17) is 60.3 Å². The number of para-hydroxylation sites is 3. The summed E-state index contributed by atoms with van der Waals surface area (Å²) < 4.78 is 52.7. The Kier molecular flexibility index (Phi) is 22.2. The van der Waals surface area contributed by atoms with Crippen LogP contribution in [0.3, 0.4) is 0 Å². The average molecular weight is 2290 g/mol. The molecular weight excluding hydrogens is 2230 g/mol. The number of aliphatic imine (C=N–C) groups is 1. The molecule has 15 heterocycles. The van der Waals surface area contributed by atoms with Crippen molar-refractivity contribution in [1.29, 1.82) is 0 Å². The van der Waals surface area contributed by atoms with Crippen LogP contribution in [0.25, 0.3) is 241 Å². The maximum Gasteiger partial charge on any atom is 2.00 e. The van der Waals surface area contributed by atoms with Crippen LogP contribution >= 0.6 is 0 Å². The standard InChI is InChI=1S/C37H21N5O2.2C36H19N5O3.3Pt/c1-3-9-32-26(6-1)27-14-12-24(37-41-31-7-2-4-10-35(31)44-37)21-33(27)42(32)34-20-23(11-15-28(34)30-8-5-17-38-30)29-16-13-25(22-40-29)36-39-18-19-43-36;1-2-13-37-29(6-1)22-4-3-5-26(18-22)41-31-12-9-23(34-38-14-16-42-34)19-28(31)27-10-7-24(20-32(27)41)36-40-30-11-8-25(21-33(30)44-36)35-39-15-17-43-35;1-2-13-37-29(6-1)22-4-3-5-26(18-22)41-31-11-8-23(34-38-14-16-42-34)19-28(31)27-10-7-25(21-32(27)41)36-40-30-20-24(9-12-33(30)44-36)35-39-15-17-43-35;;;/h1-7,9-19,22H,8H2;1-17,19,21H;1-17,19-20H;;;/q3*-2;3*+2. The molecule has 0 aliphatic carbocycles. The summed E-state index contributed by atoms with van der Waals surface area (Å²) in [6, 6.07) is 106. The van der Waals surface area contributed by atoms with Crippen LogP contribution in [0.15, 0.2) is 388 Å². The van der Waals surface area contributed by atoms with Crippen LogP contribution in [0.4, 0.5) is 0 Å². The van der Waals surface area contributed by atoms with Crippen molar-refractivity contribution < 1.29 is 98.5 Å². The van der Waals surface area contributed by atoms with Gasteiger partial charge in [0, 0.05) is 75.7 Å². The van der Waals surface area contributed by atoms with Crippen LogP contribution in [0.1, 0.15) is 12.0 Å². The Morgan fingerprint density at radius 2 is 0.719 bits per heavy atom. The fraction of sp³-hybridized carbons (Fsp3) is 0.00917. The third kappa shape index (κ3) is 15.5. The molecule has 0 N–H and O–H groups in total. The van der Waals surface area contributed by atoms with Crippen molar-refractivity contribution in [3.05, 3.63) is 390 Å². The molecule has 1 aliphatic heterocycles. The Balaban J connectivity index is 0.000000116. The number of aromatic nitrogens is 14. The summed E-state index contributed by atoms with van der Waals surface area (Å²) in [6.45, 7) is 0. The van der Waals surface area contributed by atoms with E-state index in [9.17, 15) is 0 Å². The molecule has 0 saturated heterocycles. The molecule has 26 aromatic rings. The number of hydrogen-bond acceptors (Lipinski definition) is 20. The van der Waals surface area contributed by atoms with Gasteiger partial charge in [-0.15, -0.1) is 138 Å². The van der Waals surface area contributed by atoms with Gasteiger partial charge in [0.1, 0.15) is 65.7 Å². The first-order valence-corrected chi connectivity index (χ1v) is 42.1. The predicted molar refractivity (Wildman–Crippen MR) is 502 cm³/mol. The molecule has 26 heteroatoms. The Hall–Kier alpha value is -16.6. The van der Waals surface area contributed by atoms with Gasteiger partial charge in [0.25, 0.3) is 0 Å². The average Bonchev–Trinajstić information content (AvgIpc) is 1.59. The summed E-state index contributed by atoms with van der Waals surface area (Å²) in [5.74, 6) is 4.18. The number of oxazole rings is 8. The van der Waals surface area contributed by atoms with E-state index in [-0.39, 0.29) is 63.2 Å². The summed E-state index contributed by atoms with van der Waals surface area (Å²) in [5.41, 5.74) is 26.1. The first-order chi connectivity index (χ1) is 65.4. The van der Waals surface area contributed by atoms with E-state index in [2.05, 4.69) is 164 Å². The third-order valence-corrected chi connectivity index (χ3v) is 23.2. The maximum atomic E-state index is 6.25. The van der Waals surface area contributed by atoms with Gasteiger partial charge in [-0.25, -0.2) is 24.9 Å². The number of benzene rings is 12. The summed E-state index contributed by atoms with van der Waals surface area (Å²) in [4.78, 5) is 54.3. The topological polar surface area (TPSA) is 274 Å². The molecule has 27 rings (SSSR count). The number of rotatable bonds is 15. The molecule has 0 spiro atoms. The Bertz CT molecular complexity index is 8580. The van der Waals surface area contributed by atoms with Crippen molar-refractivity contribution in [1.82, 2.24) is 68.5 Å². The summed E-state index contributed by atoms with van der Waals surface area (Å²) in [7, 11) is 0. The molecule has 0 amide bonds. The second-order valence-electron chi connectivity index (χ2n) is 31.0. The molecule has 0 bridgehead atoms. The van der Waals surface area contributed by atoms with Gasteiger partial charge in [0.2, 0.25) is 29.5 Å². The van der Waals surface area contributed by atoms with Crippen LogP contribution in [0, 0.1) is 36.4 Å². The Labute approximate surface area is 808 Å². The second kappa shape index (κ2) is 35.6. The number of fused-ring (bicyclic) bond motifs is 12. The van der Waals surface area contributed by atoms with Gasteiger partial charge in [-0.1, -0.05) is 111 Å². The second-order valence-corrected chi connectivity index (χ2v) is 31.0. The molecule has 0 atom stereocenters. The quantitative estimate of drug-likeness (QED) is 0.0862.